The topological polar surface area (TPSA) is 161 Å². The molecule has 0 aliphatic heterocycles. The number of hydrogen-bond donors (Lipinski definition) is 4. The number of amides is 4. The highest BCUT2D eigenvalue weighted by atomic mass is 16.3. The standard InChI is InChI=1S/C24H25N5O5/c1-27-24(33)16-6-4-15(5-7-16)12-29(13-20-3-2-8-34-20)14-21(30)28-19-10-17(22(25)31)9-18(11-19)23(26)32/h2-11H,12-14H2,1H3,(H2,25,31)(H2,26,32)(H,27,33)(H,28,30). The van der Waals surface area contributed by atoms with E-state index in [2.05, 4.69) is 10.6 Å². The number of hydrogen-bond acceptors (Lipinski definition) is 6. The SMILES string of the molecule is CNC(=O)c1ccc(CN(CC(=O)Nc2cc(C(N)=O)cc(C(N)=O)c2)Cc2ccco2)cc1. The van der Waals surface area contributed by atoms with E-state index in [-0.39, 0.29) is 35.2 Å². The number of nitrogens with zero attached hydrogens (tertiary/aromatic N) is 1. The van der Waals surface area contributed by atoms with Gasteiger partial charge in [-0.15, -0.1) is 0 Å². The molecule has 0 spiro atoms. The molecule has 0 bridgehead atoms. The van der Waals surface area contributed by atoms with E-state index >= 15 is 0 Å². The van der Waals surface area contributed by atoms with Crippen LogP contribution in [0.25, 0.3) is 0 Å². The highest BCUT2D eigenvalue weighted by Gasteiger charge is 2.16. The molecule has 0 unspecified atom stereocenters. The Bertz CT molecular complexity index is 1160. The molecule has 0 saturated heterocycles. The van der Waals surface area contributed by atoms with Crippen molar-refractivity contribution >= 4 is 29.3 Å². The lowest BCUT2D eigenvalue weighted by atomic mass is 10.1. The number of carbonyl (C=O) groups excluding carboxylic acids is 4. The molecule has 176 valence electrons. The van der Waals surface area contributed by atoms with E-state index in [0.29, 0.717) is 24.4 Å². The molecule has 34 heavy (non-hydrogen) atoms. The van der Waals surface area contributed by atoms with Crippen LogP contribution in [0.5, 0.6) is 0 Å². The van der Waals surface area contributed by atoms with Crippen molar-refractivity contribution in [3.63, 3.8) is 0 Å². The molecule has 0 aliphatic rings. The van der Waals surface area contributed by atoms with Crippen LogP contribution in [0.4, 0.5) is 5.69 Å². The van der Waals surface area contributed by atoms with Crippen LogP contribution in [-0.2, 0) is 17.9 Å². The number of primary amides is 2. The van der Waals surface area contributed by atoms with E-state index < -0.39 is 11.8 Å². The molecule has 1 heterocycles. The number of carbonyl (C=O) groups is 4. The van der Waals surface area contributed by atoms with Crippen LogP contribution >= 0.6 is 0 Å². The first-order valence-electron chi connectivity index (χ1n) is 10.4. The summed E-state index contributed by atoms with van der Waals surface area (Å²) in [5.74, 6) is -1.41. The van der Waals surface area contributed by atoms with Crippen LogP contribution in [0.2, 0.25) is 0 Å². The zero-order chi connectivity index (χ0) is 24.7. The van der Waals surface area contributed by atoms with Gasteiger partial charge in [0.25, 0.3) is 5.91 Å². The monoisotopic (exact) mass is 463 g/mol. The second-order valence-electron chi connectivity index (χ2n) is 7.58. The van der Waals surface area contributed by atoms with Gasteiger partial charge in [-0.2, -0.15) is 0 Å². The molecule has 1 aromatic heterocycles. The van der Waals surface area contributed by atoms with Gasteiger partial charge in [0.1, 0.15) is 5.76 Å². The van der Waals surface area contributed by atoms with Crippen molar-refractivity contribution in [2.75, 3.05) is 18.9 Å². The van der Waals surface area contributed by atoms with E-state index in [1.807, 2.05) is 17.0 Å². The Labute approximate surface area is 195 Å². The van der Waals surface area contributed by atoms with E-state index in [4.69, 9.17) is 15.9 Å². The van der Waals surface area contributed by atoms with Gasteiger partial charge in [-0.25, -0.2) is 0 Å². The molecule has 10 heteroatoms. The van der Waals surface area contributed by atoms with Crippen LogP contribution in [0.1, 0.15) is 42.4 Å². The number of nitrogens with two attached hydrogens (primary N) is 2. The van der Waals surface area contributed by atoms with Crippen LogP contribution in [0, 0.1) is 0 Å². The summed E-state index contributed by atoms with van der Waals surface area (Å²) < 4.78 is 5.42. The van der Waals surface area contributed by atoms with Gasteiger partial charge in [0.15, 0.2) is 0 Å². The van der Waals surface area contributed by atoms with Crippen molar-refractivity contribution in [3.8, 4) is 0 Å². The summed E-state index contributed by atoms with van der Waals surface area (Å²) in [7, 11) is 1.56. The minimum atomic E-state index is -0.752. The lowest BCUT2D eigenvalue weighted by Gasteiger charge is -2.21. The lowest BCUT2D eigenvalue weighted by molar-refractivity contribution is -0.117. The molecular weight excluding hydrogens is 438 g/mol. The largest absolute Gasteiger partial charge is 0.468 e. The van der Waals surface area contributed by atoms with Crippen molar-refractivity contribution in [1.29, 1.82) is 0 Å². The first-order chi connectivity index (χ1) is 16.2. The summed E-state index contributed by atoms with van der Waals surface area (Å²) in [5, 5.41) is 5.25. The maximum Gasteiger partial charge on any atom is 0.251 e. The van der Waals surface area contributed by atoms with Crippen molar-refractivity contribution < 1.29 is 23.6 Å². The average molecular weight is 463 g/mol. The molecule has 0 fully saturated rings. The van der Waals surface area contributed by atoms with Gasteiger partial charge in [0.05, 0.1) is 19.4 Å². The lowest BCUT2D eigenvalue weighted by Crippen LogP contribution is -2.32. The molecule has 10 nitrogen and oxygen atoms in total. The Morgan fingerprint density at radius 2 is 1.53 bits per heavy atom. The summed E-state index contributed by atoms with van der Waals surface area (Å²) in [6.07, 6.45) is 1.55. The quantitative estimate of drug-likeness (QED) is 0.356. The summed E-state index contributed by atoms with van der Waals surface area (Å²) in [6, 6.07) is 14.6. The molecule has 0 aliphatic carbocycles. The average Bonchev–Trinajstić information content (AvgIpc) is 3.31. The molecule has 6 N–H and O–H groups in total. The van der Waals surface area contributed by atoms with E-state index in [1.165, 1.54) is 18.2 Å². The van der Waals surface area contributed by atoms with Gasteiger partial charge in [-0.3, -0.25) is 24.1 Å². The molecule has 2 aromatic carbocycles. The van der Waals surface area contributed by atoms with Gasteiger partial charge >= 0.3 is 0 Å². The third-order valence-electron chi connectivity index (χ3n) is 4.96. The Morgan fingerprint density at radius 3 is 2.06 bits per heavy atom. The fourth-order valence-electron chi connectivity index (χ4n) is 3.34. The summed E-state index contributed by atoms with van der Waals surface area (Å²) in [4.78, 5) is 49.6. The minimum absolute atomic E-state index is 0.0232. The first kappa shape index (κ1) is 24.2. The van der Waals surface area contributed by atoms with Gasteiger partial charge in [0.2, 0.25) is 17.7 Å². The van der Waals surface area contributed by atoms with E-state index in [0.717, 1.165) is 5.56 Å². The Balaban J connectivity index is 1.76. The molecule has 0 atom stereocenters. The highest BCUT2D eigenvalue weighted by molar-refractivity contribution is 6.02. The molecule has 3 aromatic rings. The third-order valence-corrected chi connectivity index (χ3v) is 4.96. The van der Waals surface area contributed by atoms with Crippen LogP contribution in [0.3, 0.4) is 0 Å². The zero-order valence-electron chi connectivity index (χ0n) is 18.5. The molecule has 0 radical (unpaired) electrons. The van der Waals surface area contributed by atoms with Gasteiger partial charge in [-0.1, -0.05) is 12.1 Å². The number of benzene rings is 2. The third kappa shape index (κ3) is 6.53. The summed E-state index contributed by atoms with van der Waals surface area (Å²) in [6.45, 7) is 0.728. The van der Waals surface area contributed by atoms with Crippen LogP contribution in [-0.4, -0.2) is 42.1 Å². The Morgan fingerprint density at radius 1 is 0.882 bits per heavy atom. The Hall–Kier alpha value is -4.44. The first-order valence-corrected chi connectivity index (χ1v) is 10.4. The second-order valence-corrected chi connectivity index (χ2v) is 7.58. The van der Waals surface area contributed by atoms with Crippen molar-refractivity contribution in [1.82, 2.24) is 10.2 Å². The van der Waals surface area contributed by atoms with Gasteiger partial charge in [-0.05, 0) is 48.0 Å². The Kier molecular flexibility index (Phi) is 7.78. The van der Waals surface area contributed by atoms with Crippen LogP contribution < -0.4 is 22.1 Å². The number of furan rings is 1. The van der Waals surface area contributed by atoms with Gasteiger partial charge < -0.3 is 26.5 Å². The maximum absolute atomic E-state index is 12.8. The summed E-state index contributed by atoms with van der Waals surface area (Å²) in [5.41, 5.74) is 12.4. The smallest absolute Gasteiger partial charge is 0.251 e. The highest BCUT2D eigenvalue weighted by Crippen LogP contribution is 2.16. The van der Waals surface area contributed by atoms with E-state index in [1.54, 1.807) is 37.6 Å². The summed E-state index contributed by atoms with van der Waals surface area (Å²) >= 11 is 0. The maximum atomic E-state index is 12.8. The number of rotatable bonds is 10. The van der Waals surface area contributed by atoms with Gasteiger partial charge in [0, 0.05) is 36.0 Å². The zero-order valence-corrected chi connectivity index (χ0v) is 18.5. The molecule has 3 rings (SSSR count). The fourth-order valence-corrected chi connectivity index (χ4v) is 3.34. The predicted octanol–water partition coefficient (Wildman–Crippen LogP) is 1.48. The number of nitrogens with one attached hydrogen (secondary N) is 2. The van der Waals surface area contributed by atoms with Crippen molar-refractivity contribution in [3.05, 3.63) is 88.9 Å². The minimum Gasteiger partial charge on any atom is -0.468 e. The number of anilines is 1. The van der Waals surface area contributed by atoms with Crippen molar-refractivity contribution in [2.45, 2.75) is 13.1 Å². The molecular formula is C24H25N5O5. The normalized spacial score (nSPS) is 10.6. The predicted molar refractivity (Wildman–Crippen MR) is 125 cm³/mol. The second kappa shape index (κ2) is 10.9. The van der Waals surface area contributed by atoms with Crippen molar-refractivity contribution in [2.24, 2.45) is 11.5 Å². The molecule has 0 saturated carbocycles. The fraction of sp³-hybridized carbons (Fsp3) is 0.167. The van der Waals surface area contributed by atoms with E-state index in [9.17, 15) is 19.2 Å². The molecule has 4 amide bonds. The van der Waals surface area contributed by atoms with Crippen LogP contribution in [0.15, 0.2) is 65.3 Å².